The molecule has 1 amide bonds. The van der Waals surface area contributed by atoms with E-state index in [-0.39, 0.29) is 19.8 Å². The maximum absolute atomic E-state index is 12.2. The predicted molar refractivity (Wildman–Crippen MR) is 143 cm³/mol. The summed E-state index contributed by atoms with van der Waals surface area (Å²) in [5.41, 5.74) is 0.183. The minimum absolute atomic E-state index is 0.158. The molecular weight excluding hydrogens is 505 g/mol. The number of benzene rings is 2. The lowest BCUT2D eigenvalue weighted by molar-refractivity contribution is 0.0320. The summed E-state index contributed by atoms with van der Waals surface area (Å²) in [6, 6.07) is 8.95. The molecule has 7 nitrogen and oxygen atoms in total. The van der Waals surface area contributed by atoms with Crippen molar-refractivity contribution in [3.8, 4) is 17.2 Å². The Bertz CT molecular complexity index is 1040. The standard InChI is InChI=1S/C27H35Cl2NO6/c1-8-11-27(16-30(25(31)32)26(2,3)4,19-9-10-20(28)21(29)14-19)17-36-15-18-12-22(33-5)24(35-7)23(13-18)34-6/h8-10,12-14H,1,11,15-17H2,2-7H3,(H,31,32)/t27-/m0/s1. The summed E-state index contributed by atoms with van der Waals surface area (Å²) in [6.07, 6.45) is 1.18. The fraction of sp³-hybridized carbons (Fsp3) is 0.444. The number of ether oxygens (including phenoxy) is 4. The van der Waals surface area contributed by atoms with Crippen LogP contribution in [0.4, 0.5) is 4.79 Å². The van der Waals surface area contributed by atoms with Crippen LogP contribution in [0.3, 0.4) is 0 Å². The highest BCUT2D eigenvalue weighted by Crippen LogP contribution is 2.39. The van der Waals surface area contributed by atoms with Crippen molar-refractivity contribution in [2.75, 3.05) is 34.5 Å². The fourth-order valence-corrected chi connectivity index (χ4v) is 4.34. The molecule has 0 bridgehead atoms. The van der Waals surface area contributed by atoms with Gasteiger partial charge in [-0.05, 0) is 62.6 Å². The van der Waals surface area contributed by atoms with Gasteiger partial charge in [-0.1, -0.05) is 35.3 Å². The van der Waals surface area contributed by atoms with Gasteiger partial charge in [-0.25, -0.2) is 4.79 Å². The van der Waals surface area contributed by atoms with Crippen LogP contribution in [0, 0.1) is 0 Å². The van der Waals surface area contributed by atoms with Crippen molar-refractivity contribution in [1.29, 1.82) is 0 Å². The van der Waals surface area contributed by atoms with Crippen molar-refractivity contribution in [3.63, 3.8) is 0 Å². The summed E-state index contributed by atoms with van der Waals surface area (Å²) in [7, 11) is 4.64. The first-order valence-electron chi connectivity index (χ1n) is 11.4. The van der Waals surface area contributed by atoms with E-state index in [1.807, 2.05) is 39.0 Å². The molecule has 2 rings (SSSR count). The van der Waals surface area contributed by atoms with Gasteiger partial charge in [0.2, 0.25) is 5.75 Å². The van der Waals surface area contributed by atoms with Crippen LogP contribution < -0.4 is 14.2 Å². The third-order valence-electron chi connectivity index (χ3n) is 5.94. The summed E-state index contributed by atoms with van der Waals surface area (Å²) in [4.78, 5) is 13.7. The lowest BCUT2D eigenvalue weighted by Gasteiger charge is -2.42. The predicted octanol–water partition coefficient (Wildman–Crippen LogP) is 6.83. The quantitative estimate of drug-likeness (QED) is 0.298. The smallest absolute Gasteiger partial charge is 0.407 e. The molecule has 2 aromatic rings. The second-order valence-electron chi connectivity index (χ2n) is 9.47. The van der Waals surface area contributed by atoms with E-state index in [1.54, 1.807) is 39.5 Å². The average molecular weight is 540 g/mol. The van der Waals surface area contributed by atoms with E-state index in [9.17, 15) is 9.90 Å². The van der Waals surface area contributed by atoms with E-state index in [0.717, 1.165) is 11.1 Å². The molecule has 0 aromatic heterocycles. The summed E-state index contributed by atoms with van der Waals surface area (Å²) < 4.78 is 22.5. The van der Waals surface area contributed by atoms with Crippen LogP contribution >= 0.6 is 23.2 Å². The first kappa shape index (κ1) is 29.6. The van der Waals surface area contributed by atoms with E-state index >= 15 is 0 Å². The Morgan fingerprint density at radius 2 is 1.64 bits per heavy atom. The molecule has 0 saturated heterocycles. The van der Waals surface area contributed by atoms with Gasteiger partial charge in [-0.2, -0.15) is 0 Å². The Morgan fingerprint density at radius 1 is 1.03 bits per heavy atom. The molecule has 0 saturated carbocycles. The summed E-state index contributed by atoms with van der Waals surface area (Å²) in [5, 5.41) is 10.8. The second-order valence-corrected chi connectivity index (χ2v) is 10.3. The van der Waals surface area contributed by atoms with Crippen molar-refractivity contribution >= 4 is 29.3 Å². The number of hydrogen-bond donors (Lipinski definition) is 1. The third-order valence-corrected chi connectivity index (χ3v) is 6.68. The van der Waals surface area contributed by atoms with Gasteiger partial charge in [0, 0.05) is 17.5 Å². The molecule has 36 heavy (non-hydrogen) atoms. The number of carboxylic acid groups (broad SMARTS) is 1. The molecule has 1 atom stereocenters. The Kier molecular flexibility index (Phi) is 10.3. The SMILES string of the molecule is C=CC[C@@](COCc1cc(OC)c(OC)c(OC)c1)(CN(C(=O)O)C(C)(C)C)c1ccc(Cl)c(Cl)c1. The lowest BCUT2D eigenvalue weighted by Crippen LogP contribution is -2.53. The Labute approximate surface area is 223 Å². The number of halogens is 2. The minimum atomic E-state index is -1.03. The second kappa shape index (κ2) is 12.6. The van der Waals surface area contributed by atoms with Crippen LogP contribution in [0.2, 0.25) is 10.0 Å². The first-order chi connectivity index (χ1) is 16.9. The van der Waals surface area contributed by atoms with Crippen molar-refractivity contribution in [2.24, 2.45) is 0 Å². The highest BCUT2D eigenvalue weighted by molar-refractivity contribution is 6.42. The van der Waals surface area contributed by atoms with Crippen LogP contribution in [0.25, 0.3) is 0 Å². The Balaban J connectivity index is 2.48. The van der Waals surface area contributed by atoms with Crippen LogP contribution in [-0.4, -0.2) is 56.1 Å². The molecule has 0 spiro atoms. The topological polar surface area (TPSA) is 77.5 Å². The number of rotatable bonds is 12. The van der Waals surface area contributed by atoms with Gasteiger partial charge in [-0.3, -0.25) is 0 Å². The van der Waals surface area contributed by atoms with Gasteiger partial charge in [-0.15, -0.1) is 6.58 Å². The zero-order valence-electron chi connectivity index (χ0n) is 21.7. The zero-order chi connectivity index (χ0) is 27.1. The van der Waals surface area contributed by atoms with Gasteiger partial charge in [0.1, 0.15) is 0 Å². The van der Waals surface area contributed by atoms with Gasteiger partial charge in [0.05, 0.1) is 44.6 Å². The number of methoxy groups -OCH3 is 3. The number of hydrogen-bond acceptors (Lipinski definition) is 5. The Hall–Kier alpha value is -2.61. The molecule has 0 aliphatic rings. The van der Waals surface area contributed by atoms with Crippen molar-refractivity contribution < 1.29 is 28.8 Å². The number of nitrogens with zero attached hydrogens (tertiary/aromatic N) is 1. The molecule has 0 aliphatic carbocycles. The van der Waals surface area contributed by atoms with Crippen molar-refractivity contribution in [3.05, 3.63) is 64.2 Å². The third kappa shape index (κ3) is 6.99. The van der Waals surface area contributed by atoms with E-state index in [0.29, 0.717) is 33.7 Å². The molecule has 198 valence electrons. The molecule has 1 N–H and O–H groups in total. The van der Waals surface area contributed by atoms with Crippen molar-refractivity contribution in [1.82, 2.24) is 4.90 Å². The Morgan fingerprint density at radius 3 is 2.08 bits per heavy atom. The maximum Gasteiger partial charge on any atom is 0.407 e. The van der Waals surface area contributed by atoms with E-state index in [1.165, 1.54) is 4.90 Å². The monoisotopic (exact) mass is 539 g/mol. The minimum Gasteiger partial charge on any atom is -0.493 e. The largest absolute Gasteiger partial charge is 0.493 e. The molecular formula is C27H35Cl2NO6. The van der Waals surface area contributed by atoms with E-state index in [2.05, 4.69) is 6.58 Å². The molecule has 0 unspecified atom stereocenters. The van der Waals surface area contributed by atoms with Gasteiger partial charge in [0.15, 0.2) is 11.5 Å². The highest BCUT2D eigenvalue weighted by Gasteiger charge is 2.39. The number of carbonyl (C=O) groups is 1. The number of allylic oxidation sites excluding steroid dienone is 1. The lowest BCUT2D eigenvalue weighted by atomic mass is 9.77. The van der Waals surface area contributed by atoms with Crippen LogP contribution in [0.5, 0.6) is 17.2 Å². The van der Waals surface area contributed by atoms with Gasteiger partial charge in [0.25, 0.3) is 0 Å². The first-order valence-corrected chi connectivity index (χ1v) is 12.1. The van der Waals surface area contributed by atoms with E-state index in [4.69, 9.17) is 42.1 Å². The molecule has 0 aliphatic heterocycles. The average Bonchev–Trinajstić information content (AvgIpc) is 2.82. The van der Waals surface area contributed by atoms with Gasteiger partial charge < -0.3 is 29.0 Å². The molecule has 2 aromatic carbocycles. The molecule has 0 heterocycles. The molecule has 9 heteroatoms. The fourth-order valence-electron chi connectivity index (χ4n) is 4.04. The zero-order valence-corrected chi connectivity index (χ0v) is 23.2. The van der Waals surface area contributed by atoms with Crippen LogP contribution in [0.1, 0.15) is 38.3 Å². The summed E-state index contributed by atoms with van der Waals surface area (Å²) in [5.74, 6) is 1.52. The summed E-state index contributed by atoms with van der Waals surface area (Å²) in [6.45, 7) is 10.1. The number of amides is 1. The van der Waals surface area contributed by atoms with Gasteiger partial charge >= 0.3 is 6.09 Å². The van der Waals surface area contributed by atoms with Crippen LogP contribution in [0.15, 0.2) is 43.0 Å². The maximum atomic E-state index is 12.2. The van der Waals surface area contributed by atoms with E-state index < -0.39 is 17.0 Å². The molecule has 0 radical (unpaired) electrons. The normalized spacial score (nSPS) is 13.0. The van der Waals surface area contributed by atoms with Crippen molar-refractivity contribution in [2.45, 2.75) is 44.8 Å². The van der Waals surface area contributed by atoms with Crippen LogP contribution in [-0.2, 0) is 16.8 Å². The molecule has 0 fully saturated rings. The summed E-state index contributed by atoms with van der Waals surface area (Å²) >= 11 is 12.5. The highest BCUT2D eigenvalue weighted by atomic mass is 35.5.